The Morgan fingerprint density at radius 3 is 2.31 bits per heavy atom. The second-order valence-corrected chi connectivity index (χ2v) is 7.13. The molecule has 1 aromatic carbocycles. The Bertz CT molecular complexity index is 1190. The molecule has 29 heavy (non-hydrogen) atoms. The van der Waals surface area contributed by atoms with E-state index in [0.717, 1.165) is 12.1 Å². The van der Waals surface area contributed by atoms with Crippen LogP contribution in [0.25, 0.3) is 5.52 Å². The fraction of sp³-hybridized carbons (Fsp3) is 0.190. The van der Waals surface area contributed by atoms with Crippen molar-refractivity contribution < 1.29 is 24.6 Å². The molecule has 0 atom stereocenters. The second-order valence-electron chi connectivity index (χ2n) is 7.13. The number of amides is 1. The third kappa shape index (κ3) is 2.76. The lowest BCUT2D eigenvalue weighted by Gasteiger charge is -2.18. The number of hydrogen-bond donors (Lipinski definition) is 3. The van der Waals surface area contributed by atoms with Gasteiger partial charge in [-0.1, -0.05) is 6.07 Å². The van der Waals surface area contributed by atoms with Crippen molar-refractivity contribution in [1.82, 2.24) is 14.6 Å². The Morgan fingerprint density at radius 1 is 1.00 bits per heavy atom. The van der Waals surface area contributed by atoms with Crippen LogP contribution >= 0.6 is 0 Å². The first-order valence-corrected chi connectivity index (χ1v) is 9.03. The SMILES string of the molecule is CN(C)CCNC(=O)c1c2c(n3ccccc13)C(=O)c1c(O)ccc(O)c1C2=O. The number of benzene rings is 1. The van der Waals surface area contributed by atoms with Crippen LogP contribution in [0.5, 0.6) is 11.5 Å². The average Bonchev–Trinajstić information content (AvgIpc) is 3.03. The summed E-state index contributed by atoms with van der Waals surface area (Å²) < 4.78 is 1.48. The van der Waals surface area contributed by atoms with Crippen LogP contribution in [0, 0.1) is 0 Å². The summed E-state index contributed by atoms with van der Waals surface area (Å²) >= 11 is 0. The topological polar surface area (TPSA) is 111 Å². The molecule has 0 saturated heterocycles. The van der Waals surface area contributed by atoms with E-state index in [2.05, 4.69) is 5.32 Å². The summed E-state index contributed by atoms with van der Waals surface area (Å²) in [5.41, 5.74) is -0.154. The van der Waals surface area contributed by atoms with Crippen molar-refractivity contribution in [3.63, 3.8) is 0 Å². The lowest BCUT2D eigenvalue weighted by atomic mass is 9.85. The molecule has 0 spiro atoms. The van der Waals surface area contributed by atoms with Gasteiger partial charge in [-0.15, -0.1) is 0 Å². The Hall–Kier alpha value is -3.65. The van der Waals surface area contributed by atoms with Gasteiger partial charge in [0.05, 0.1) is 27.8 Å². The van der Waals surface area contributed by atoms with Crippen LogP contribution in [-0.4, -0.2) is 64.2 Å². The van der Waals surface area contributed by atoms with Crippen LogP contribution in [0.3, 0.4) is 0 Å². The second kappa shape index (κ2) is 6.75. The molecule has 0 unspecified atom stereocenters. The lowest BCUT2D eigenvalue weighted by molar-refractivity contribution is 0.0937. The maximum Gasteiger partial charge on any atom is 0.254 e. The van der Waals surface area contributed by atoms with Gasteiger partial charge in [-0.05, 0) is 38.4 Å². The van der Waals surface area contributed by atoms with Gasteiger partial charge in [0.2, 0.25) is 11.6 Å². The van der Waals surface area contributed by atoms with Crippen LogP contribution in [0.1, 0.15) is 42.3 Å². The summed E-state index contributed by atoms with van der Waals surface area (Å²) in [5.74, 6) is -2.61. The largest absolute Gasteiger partial charge is 0.507 e. The van der Waals surface area contributed by atoms with Gasteiger partial charge in [0.1, 0.15) is 17.2 Å². The molecule has 1 aliphatic rings. The Balaban J connectivity index is 1.95. The van der Waals surface area contributed by atoms with Crippen LogP contribution in [0.4, 0.5) is 0 Å². The highest BCUT2D eigenvalue weighted by atomic mass is 16.3. The van der Waals surface area contributed by atoms with Gasteiger partial charge in [-0.25, -0.2) is 0 Å². The quantitative estimate of drug-likeness (QED) is 0.452. The molecule has 0 aliphatic heterocycles. The predicted octanol–water partition coefficient (Wildman–Crippen LogP) is 1.42. The number of carbonyl (C=O) groups excluding carboxylic acids is 3. The van der Waals surface area contributed by atoms with Gasteiger partial charge in [-0.3, -0.25) is 14.4 Å². The summed E-state index contributed by atoms with van der Waals surface area (Å²) in [6, 6.07) is 7.33. The molecule has 0 saturated carbocycles. The van der Waals surface area contributed by atoms with Gasteiger partial charge in [0.25, 0.3) is 5.91 Å². The van der Waals surface area contributed by atoms with Crippen LogP contribution in [0.2, 0.25) is 0 Å². The number of likely N-dealkylation sites (N-methyl/N-ethyl adjacent to an activating group) is 1. The van der Waals surface area contributed by atoms with Crippen molar-refractivity contribution in [2.75, 3.05) is 27.2 Å². The van der Waals surface area contributed by atoms with E-state index in [0.29, 0.717) is 18.6 Å². The van der Waals surface area contributed by atoms with Crippen molar-refractivity contribution in [2.24, 2.45) is 0 Å². The van der Waals surface area contributed by atoms with E-state index in [4.69, 9.17) is 0 Å². The number of hydrogen-bond acceptors (Lipinski definition) is 6. The molecule has 2 heterocycles. The molecule has 3 aromatic rings. The molecule has 3 N–H and O–H groups in total. The zero-order valence-electron chi connectivity index (χ0n) is 15.9. The number of rotatable bonds is 4. The van der Waals surface area contributed by atoms with Gasteiger partial charge >= 0.3 is 0 Å². The standard InChI is InChI=1S/C21H19N3O5/c1-23(2)10-8-22-21(29)14-11-5-3-4-9-24(11)18-17(14)19(27)15-12(25)6-7-13(26)16(15)20(18)28/h3-7,9,25-26H,8,10H2,1-2H3,(H,22,29). The minimum atomic E-state index is -0.676. The fourth-order valence-corrected chi connectivity index (χ4v) is 3.65. The summed E-state index contributed by atoms with van der Waals surface area (Å²) in [6.07, 6.45) is 1.58. The van der Waals surface area contributed by atoms with E-state index in [1.165, 1.54) is 4.40 Å². The number of nitrogens with zero attached hydrogens (tertiary/aromatic N) is 2. The van der Waals surface area contributed by atoms with Crippen molar-refractivity contribution in [3.8, 4) is 11.5 Å². The number of nitrogens with one attached hydrogen (secondary N) is 1. The lowest BCUT2D eigenvalue weighted by Crippen LogP contribution is -2.32. The first-order chi connectivity index (χ1) is 13.8. The highest BCUT2D eigenvalue weighted by molar-refractivity contribution is 6.33. The van der Waals surface area contributed by atoms with Gasteiger partial charge in [-0.2, -0.15) is 0 Å². The zero-order valence-corrected chi connectivity index (χ0v) is 15.9. The Labute approximate surface area is 166 Å². The summed E-state index contributed by atoms with van der Waals surface area (Å²) in [4.78, 5) is 41.3. The molecule has 0 radical (unpaired) electrons. The van der Waals surface area contributed by atoms with Gasteiger partial charge in [0.15, 0.2) is 0 Å². The third-order valence-corrected chi connectivity index (χ3v) is 4.97. The van der Waals surface area contributed by atoms with Crippen LogP contribution < -0.4 is 5.32 Å². The minimum Gasteiger partial charge on any atom is -0.507 e. The highest BCUT2D eigenvalue weighted by Gasteiger charge is 2.40. The molecule has 8 nitrogen and oxygen atoms in total. The number of ketones is 2. The maximum atomic E-state index is 13.3. The Kier molecular flexibility index (Phi) is 4.35. The fourth-order valence-electron chi connectivity index (χ4n) is 3.65. The van der Waals surface area contributed by atoms with Crippen molar-refractivity contribution in [2.45, 2.75) is 0 Å². The number of carbonyl (C=O) groups is 3. The van der Waals surface area contributed by atoms with E-state index in [1.807, 2.05) is 19.0 Å². The summed E-state index contributed by atoms with van der Waals surface area (Å²) in [6.45, 7) is 0.958. The first-order valence-electron chi connectivity index (χ1n) is 9.03. The monoisotopic (exact) mass is 393 g/mol. The molecule has 8 heteroatoms. The number of fused-ring (bicyclic) bond motifs is 4. The minimum absolute atomic E-state index is 0.00300. The van der Waals surface area contributed by atoms with E-state index >= 15 is 0 Å². The van der Waals surface area contributed by atoms with Gasteiger partial charge < -0.3 is 24.8 Å². The van der Waals surface area contributed by atoms with E-state index in [1.54, 1.807) is 24.4 Å². The molecule has 0 fully saturated rings. The van der Waals surface area contributed by atoms with Crippen LogP contribution in [-0.2, 0) is 0 Å². The smallest absolute Gasteiger partial charge is 0.254 e. The van der Waals surface area contributed by atoms with E-state index < -0.39 is 29.0 Å². The molecule has 4 rings (SSSR count). The van der Waals surface area contributed by atoms with Crippen molar-refractivity contribution in [1.29, 1.82) is 0 Å². The van der Waals surface area contributed by atoms with Crippen molar-refractivity contribution in [3.05, 3.63) is 64.5 Å². The van der Waals surface area contributed by atoms with E-state index in [9.17, 15) is 24.6 Å². The number of aromatic nitrogens is 1. The normalized spacial score (nSPS) is 12.9. The molecular weight excluding hydrogens is 374 g/mol. The number of pyridine rings is 1. The number of phenolic OH excluding ortho intramolecular Hbond substituents is 2. The molecule has 0 bridgehead atoms. The van der Waals surface area contributed by atoms with Crippen LogP contribution in [0.15, 0.2) is 36.5 Å². The number of aromatic hydroxyl groups is 2. The highest BCUT2D eigenvalue weighted by Crippen LogP contribution is 2.40. The molecule has 148 valence electrons. The Morgan fingerprint density at radius 2 is 1.66 bits per heavy atom. The zero-order chi connectivity index (χ0) is 20.9. The average molecular weight is 393 g/mol. The summed E-state index contributed by atoms with van der Waals surface area (Å²) in [7, 11) is 3.74. The molecule has 1 aliphatic carbocycles. The third-order valence-electron chi connectivity index (χ3n) is 4.97. The van der Waals surface area contributed by atoms with E-state index in [-0.39, 0.29) is 27.9 Å². The van der Waals surface area contributed by atoms with Crippen molar-refractivity contribution >= 4 is 23.0 Å². The maximum absolute atomic E-state index is 13.3. The molecular formula is C21H19N3O5. The predicted molar refractivity (Wildman–Crippen MR) is 105 cm³/mol. The first kappa shape index (κ1) is 18.7. The molecule has 2 aromatic heterocycles. The summed E-state index contributed by atoms with van der Waals surface area (Å²) in [5, 5.41) is 23.2. The number of phenols is 2. The molecule has 1 amide bonds. The van der Waals surface area contributed by atoms with Gasteiger partial charge in [0, 0.05) is 19.3 Å².